The zero-order chi connectivity index (χ0) is 14.4. The molecule has 0 aliphatic heterocycles. The fourth-order valence-electron chi connectivity index (χ4n) is 1.51. The van der Waals surface area contributed by atoms with Crippen LogP contribution in [0.3, 0.4) is 0 Å². The van der Waals surface area contributed by atoms with Crippen molar-refractivity contribution in [1.82, 2.24) is 0 Å². The molecule has 1 atom stereocenters. The normalized spacial score (nSPS) is 16.5. The van der Waals surface area contributed by atoms with Gasteiger partial charge in [0.2, 0.25) is 7.37 Å². The zero-order valence-corrected chi connectivity index (χ0v) is 13.6. The van der Waals surface area contributed by atoms with Crippen molar-refractivity contribution in [2.24, 2.45) is 0 Å². The monoisotopic (exact) mass is 300 g/mol. The predicted molar refractivity (Wildman–Crippen MR) is 73.9 cm³/mol. The van der Waals surface area contributed by atoms with Crippen LogP contribution in [0.5, 0.6) is 0 Å². The van der Waals surface area contributed by atoms with E-state index in [0.717, 1.165) is 19.1 Å². The molecule has 0 amide bonds. The van der Waals surface area contributed by atoms with E-state index >= 15 is 0 Å². The molecule has 0 aromatic heterocycles. The van der Waals surface area contributed by atoms with Crippen LogP contribution in [0.15, 0.2) is 0 Å². The Morgan fingerprint density at radius 1 is 1.11 bits per heavy atom. The summed E-state index contributed by atoms with van der Waals surface area (Å²) in [7, 11) is -5.90. The summed E-state index contributed by atoms with van der Waals surface area (Å²) in [6.45, 7) is 7.47. The highest BCUT2D eigenvalue weighted by Crippen LogP contribution is 2.47. The van der Waals surface area contributed by atoms with Gasteiger partial charge in [0.05, 0.1) is 18.5 Å². The lowest BCUT2D eigenvalue weighted by atomic mass is 10.2. The van der Waals surface area contributed by atoms with Gasteiger partial charge in [-0.2, -0.15) is 8.42 Å². The summed E-state index contributed by atoms with van der Waals surface area (Å²) in [6, 6.07) is 0. The molecule has 7 heteroatoms. The van der Waals surface area contributed by atoms with E-state index in [9.17, 15) is 13.0 Å². The average Bonchev–Trinajstić information content (AvgIpc) is 2.04. The van der Waals surface area contributed by atoms with Gasteiger partial charge in [0.25, 0.3) is 10.1 Å². The summed E-state index contributed by atoms with van der Waals surface area (Å²) in [5, 5.41) is 0. The first-order valence-electron chi connectivity index (χ1n) is 6.03. The quantitative estimate of drug-likeness (QED) is 0.391. The first-order valence-corrected chi connectivity index (χ1v) is 10.1. The van der Waals surface area contributed by atoms with Crippen molar-refractivity contribution in [1.29, 1.82) is 0 Å². The molecule has 0 spiro atoms. The second-order valence-corrected chi connectivity index (χ2v) is 9.83. The standard InChI is InChI=1S/C11H25O5PS/c1-11(2,3)16-17(4,12)10-8-6-7-9-15-18(5,13)14/h6-10H2,1-5H3. The zero-order valence-electron chi connectivity index (χ0n) is 11.9. The van der Waals surface area contributed by atoms with Gasteiger partial charge in [-0.25, -0.2) is 0 Å². The molecule has 0 saturated heterocycles. The lowest BCUT2D eigenvalue weighted by Gasteiger charge is -2.25. The molecule has 0 aliphatic carbocycles. The molecular formula is C11H25O5PS. The fraction of sp³-hybridized carbons (Fsp3) is 1.00. The van der Waals surface area contributed by atoms with E-state index in [2.05, 4.69) is 4.18 Å². The second kappa shape index (κ2) is 7.04. The summed E-state index contributed by atoms with van der Waals surface area (Å²) in [4.78, 5) is 0. The summed E-state index contributed by atoms with van der Waals surface area (Å²) in [5.41, 5.74) is -0.399. The van der Waals surface area contributed by atoms with E-state index in [1.54, 1.807) is 6.66 Å². The van der Waals surface area contributed by atoms with Crippen molar-refractivity contribution in [3.63, 3.8) is 0 Å². The number of hydrogen-bond donors (Lipinski definition) is 0. The second-order valence-electron chi connectivity index (χ2n) is 5.53. The minimum atomic E-state index is -3.34. The Labute approximate surface area is 111 Å². The number of unbranched alkanes of at least 4 members (excludes halogenated alkanes) is 2. The van der Waals surface area contributed by atoms with E-state index < -0.39 is 23.1 Å². The van der Waals surface area contributed by atoms with Crippen molar-refractivity contribution >= 4 is 17.5 Å². The first kappa shape index (κ1) is 18.1. The Morgan fingerprint density at radius 3 is 2.11 bits per heavy atom. The van der Waals surface area contributed by atoms with Gasteiger partial charge in [0.15, 0.2) is 0 Å². The van der Waals surface area contributed by atoms with Gasteiger partial charge >= 0.3 is 0 Å². The van der Waals surface area contributed by atoms with Crippen LogP contribution in [-0.4, -0.2) is 39.7 Å². The molecule has 0 aromatic rings. The molecule has 5 nitrogen and oxygen atoms in total. The van der Waals surface area contributed by atoms with Crippen LogP contribution in [0.2, 0.25) is 0 Å². The molecule has 0 radical (unpaired) electrons. The number of hydrogen-bond acceptors (Lipinski definition) is 5. The maximum absolute atomic E-state index is 12.1. The van der Waals surface area contributed by atoms with Crippen LogP contribution in [-0.2, 0) is 23.4 Å². The van der Waals surface area contributed by atoms with E-state index in [-0.39, 0.29) is 6.61 Å². The van der Waals surface area contributed by atoms with Crippen LogP contribution in [0.25, 0.3) is 0 Å². The van der Waals surface area contributed by atoms with Crippen molar-refractivity contribution in [3.05, 3.63) is 0 Å². The molecule has 18 heavy (non-hydrogen) atoms. The van der Waals surface area contributed by atoms with Gasteiger partial charge < -0.3 is 4.52 Å². The fourth-order valence-corrected chi connectivity index (χ4v) is 3.98. The maximum atomic E-state index is 12.1. The maximum Gasteiger partial charge on any atom is 0.264 e. The van der Waals surface area contributed by atoms with Crippen LogP contribution < -0.4 is 0 Å². The van der Waals surface area contributed by atoms with Gasteiger partial charge in [-0.05, 0) is 33.6 Å². The first-order chi connectivity index (χ1) is 7.91. The molecule has 110 valence electrons. The summed E-state index contributed by atoms with van der Waals surface area (Å²) >= 11 is 0. The van der Waals surface area contributed by atoms with Crippen LogP contribution in [0.4, 0.5) is 0 Å². The lowest BCUT2D eigenvalue weighted by Crippen LogP contribution is -2.18. The number of rotatable bonds is 8. The van der Waals surface area contributed by atoms with Gasteiger partial charge in [0, 0.05) is 12.8 Å². The van der Waals surface area contributed by atoms with E-state index in [4.69, 9.17) is 4.52 Å². The summed E-state index contributed by atoms with van der Waals surface area (Å²) in [5.74, 6) is 0. The Bertz CT molecular complexity index is 383. The van der Waals surface area contributed by atoms with Gasteiger partial charge in [-0.3, -0.25) is 8.75 Å². The molecule has 0 aliphatic rings. The highest BCUT2D eigenvalue weighted by molar-refractivity contribution is 7.85. The third-order valence-corrected chi connectivity index (χ3v) is 4.63. The average molecular weight is 300 g/mol. The van der Waals surface area contributed by atoms with E-state index in [1.807, 2.05) is 20.8 Å². The van der Waals surface area contributed by atoms with Crippen molar-refractivity contribution in [2.45, 2.75) is 45.6 Å². The molecule has 0 N–H and O–H groups in total. The highest BCUT2D eigenvalue weighted by atomic mass is 32.2. The molecular weight excluding hydrogens is 275 g/mol. The summed E-state index contributed by atoms with van der Waals surface area (Å²) < 4.78 is 43.6. The Hall–Kier alpha value is 0.100. The molecule has 0 rings (SSSR count). The topological polar surface area (TPSA) is 69.7 Å². The highest BCUT2D eigenvalue weighted by Gasteiger charge is 2.23. The Balaban J connectivity index is 3.75. The largest absolute Gasteiger partial charge is 0.323 e. The molecule has 0 aromatic carbocycles. The van der Waals surface area contributed by atoms with Crippen LogP contribution >= 0.6 is 7.37 Å². The predicted octanol–water partition coefficient (Wildman–Crippen LogP) is 2.86. The Kier molecular flexibility index (Phi) is 7.07. The van der Waals surface area contributed by atoms with Gasteiger partial charge in [-0.15, -0.1) is 0 Å². The van der Waals surface area contributed by atoms with Crippen molar-refractivity contribution in [3.8, 4) is 0 Å². The van der Waals surface area contributed by atoms with Crippen LogP contribution in [0.1, 0.15) is 40.0 Å². The van der Waals surface area contributed by atoms with Gasteiger partial charge in [-0.1, -0.05) is 6.42 Å². The van der Waals surface area contributed by atoms with Crippen molar-refractivity contribution in [2.75, 3.05) is 25.7 Å². The molecule has 0 bridgehead atoms. The van der Waals surface area contributed by atoms with E-state index in [0.29, 0.717) is 12.6 Å². The smallest absolute Gasteiger partial charge is 0.264 e. The molecule has 0 heterocycles. The summed E-state index contributed by atoms with van der Waals surface area (Å²) in [6.07, 6.45) is 3.72. The molecule has 0 fully saturated rings. The van der Waals surface area contributed by atoms with Gasteiger partial charge in [0.1, 0.15) is 0 Å². The minimum Gasteiger partial charge on any atom is -0.323 e. The third kappa shape index (κ3) is 12.6. The molecule has 0 saturated carbocycles. The van der Waals surface area contributed by atoms with Crippen molar-refractivity contribution < 1.29 is 21.7 Å². The Morgan fingerprint density at radius 2 is 1.67 bits per heavy atom. The lowest BCUT2D eigenvalue weighted by molar-refractivity contribution is 0.136. The SMILES string of the molecule is CC(C)(C)OP(C)(=O)CCCCCOS(C)(=O)=O. The molecule has 1 unspecified atom stereocenters. The van der Waals surface area contributed by atoms with Crippen LogP contribution in [0, 0.1) is 0 Å². The minimum absolute atomic E-state index is 0.187. The van der Waals surface area contributed by atoms with E-state index in [1.165, 1.54) is 0 Å². The third-order valence-electron chi connectivity index (χ3n) is 1.97.